The molecule has 9 heteroatoms. The Kier molecular flexibility index (Phi) is 4.56. The first kappa shape index (κ1) is 21.8. The maximum Gasteiger partial charge on any atom is 0.320 e. The number of rotatable bonds is 5. The van der Waals surface area contributed by atoms with Gasteiger partial charge in [0.2, 0.25) is 0 Å². The van der Waals surface area contributed by atoms with Crippen molar-refractivity contribution in [3.63, 3.8) is 0 Å². The van der Waals surface area contributed by atoms with Gasteiger partial charge in [0, 0.05) is 55.1 Å². The van der Waals surface area contributed by atoms with Gasteiger partial charge in [-0.25, -0.2) is 18.2 Å². The molecule has 0 bridgehead atoms. The first-order valence-electron chi connectivity index (χ1n) is 12.9. The molecule has 2 aromatic rings. The Morgan fingerprint density at radius 3 is 2.31 bits per heavy atom. The van der Waals surface area contributed by atoms with Crippen molar-refractivity contribution < 1.29 is 13.2 Å². The average molecular weight is 496 g/mol. The summed E-state index contributed by atoms with van der Waals surface area (Å²) in [7, 11) is -3.17. The van der Waals surface area contributed by atoms with Crippen molar-refractivity contribution in [2.75, 3.05) is 32.4 Å². The van der Waals surface area contributed by atoms with E-state index < -0.39 is 9.84 Å². The molecule has 3 aliphatic carbocycles. The van der Waals surface area contributed by atoms with E-state index in [-0.39, 0.29) is 6.03 Å². The second-order valence-electron chi connectivity index (χ2n) is 12.4. The normalized spacial score (nSPS) is 25.2. The summed E-state index contributed by atoms with van der Waals surface area (Å²) in [5.41, 5.74) is 1.69. The van der Waals surface area contributed by atoms with Crippen LogP contribution in [0.1, 0.15) is 67.6 Å². The molecule has 5 fully saturated rings. The van der Waals surface area contributed by atoms with Gasteiger partial charge >= 0.3 is 6.03 Å². The molecule has 2 spiro atoms. The van der Waals surface area contributed by atoms with Gasteiger partial charge in [-0.05, 0) is 68.6 Å². The monoisotopic (exact) mass is 495 g/mol. The van der Waals surface area contributed by atoms with Gasteiger partial charge in [-0.1, -0.05) is 12.1 Å². The molecule has 0 radical (unpaired) electrons. The van der Waals surface area contributed by atoms with E-state index >= 15 is 0 Å². The summed E-state index contributed by atoms with van der Waals surface area (Å²) in [6.07, 6.45) is 9.11. The van der Waals surface area contributed by atoms with Gasteiger partial charge in [0.25, 0.3) is 0 Å². The van der Waals surface area contributed by atoms with Crippen LogP contribution in [0.5, 0.6) is 0 Å². The summed E-state index contributed by atoms with van der Waals surface area (Å²) >= 11 is 0. The minimum absolute atomic E-state index is 0.211. The van der Waals surface area contributed by atoms with Gasteiger partial charge in [0.15, 0.2) is 15.7 Å². The smallest absolute Gasteiger partial charge is 0.320 e. The van der Waals surface area contributed by atoms with Crippen LogP contribution in [0.25, 0.3) is 0 Å². The number of likely N-dealkylation sites (tertiary alicyclic amines) is 2. The number of carbonyl (C=O) groups excluding carboxylic acids is 1. The van der Waals surface area contributed by atoms with E-state index in [0.717, 1.165) is 75.5 Å². The molecular weight excluding hydrogens is 462 g/mol. The van der Waals surface area contributed by atoms with E-state index in [1.165, 1.54) is 19.1 Å². The summed E-state index contributed by atoms with van der Waals surface area (Å²) in [6.45, 7) is 3.51. The van der Waals surface area contributed by atoms with Gasteiger partial charge in [0.1, 0.15) is 5.82 Å². The minimum Gasteiger partial charge on any atom is -0.323 e. The largest absolute Gasteiger partial charge is 0.323 e. The molecule has 5 aliphatic rings. The van der Waals surface area contributed by atoms with Crippen LogP contribution < -0.4 is 0 Å². The number of carbonyl (C=O) groups is 1. The number of H-pyrrole nitrogens is 1. The van der Waals surface area contributed by atoms with Crippen LogP contribution in [0.15, 0.2) is 29.2 Å². The summed E-state index contributed by atoms with van der Waals surface area (Å²) in [5, 5.41) is 7.58. The van der Waals surface area contributed by atoms with E-state index in [9.17, 15) is 13.2 Å². The molecule has 2 saturated heterocycles. The Morgan fingerprint density at radius 2 is 1.69 bits per heavy atom. The first-order valence-corrected chi connectivity index (χ1v) is 14.8. The van der Waals surface area contributed by atoms with Gasteiger partial charge in [-0.2, -0.15) is 5.10 Å². The number of benzene rings is 1. The summed E-state index contributed by atoms with van der Waals surface area (Å²) in [4.78, 5) is 22.1. The topological polar surface area (TPSA) is 99.3 Å². The second kappa shape index (κ2) is 7.31. The van der Waals surface area contributed by atoms with Crippen molar-refractivity contribution in [1.82, 2.24) is 25.0 Å². The van der Waals surface area contributed by atoms with Crippen LogP contribution in [-0.4, -0.2) is 71.9 Å². The molecule has 2 amide bonds. The number of aromatic nitrogens is 3. The number of amides is 2. The maximum atomic E-state index is 13.0. The van der Waals surface area contributed by atoms with Crippen molar-refractivity contribution in [2.45, 2.75) is 61.7 Å². The fraction of sp³-hybridized carbons (Fsp3) is 0.654. The van der Waals surface area contributed by atoms with Crippen LogP contribution >= 0.6 is 0 Å². The van der Waals surface area contributed by atoms with Crippen LogP contribution in [0.3, 0.4) is 0 Å². The Labute approximate surface area is 206 Å². The van der Waals surface area contributed by atoms with E-state index in [4.69, 9.17) is 4.98 Å². The molecule has 8 nitrogen and oxygen atoms in total. The third-order valence-electron chi connectivity index (χ3n) is 9.15. The summed E-state index contributed by atoms with van der Waals surface area (Å²) in [5.74, 6) is 3.69. The van der Waals surface area contributed by atoms with Crippen molar-refractivity contribution in [3.05, 3.63) is 41.5 Å². The molecule has 186 valence electrons. The molecule has 7 rings (SSSR count). The molecule has 2 aliphatic heterocycles. The maximum absolute atomic E-state index is 13.0. The lowest BCUT2D eigenvalue weighted by Crippen LogP contribution is -2.70. The molecule has 3 heterocycles. The van der Waals surface area contributed by atoms with Crippen LogP contribution in [0.4, 0.5) is 4.79 Å². The zero-order valence-electron chi connectivity index (χ0n) is 20.2. The number of urea groups is 1. The standard InChI is InChI=1S/C26H33N5O3S/c1-35(33,34)21-4-2-3-17(8-21)7-18-9-25(10-18)13-30(14-25)24(32)31-15-26(16-31)11-20(12-26)23-27-22(28-29-23)19-5-6-19/h2-4,8,18-20H,5-7,9-16H2,1H3,(H,27,28,29). The highest BCUT2D eigenvalue weighted by Gasteiger charge is 2.58. The highest BCUT2D eigenvalue weighted by Crippen LogP contribution is 2.57. The molecule has 3 saturated carbocycles. The third-order valence-corrected chi connectivity index (χ3v) is 10.3. The van der Waals surface area contributed by atoms with Crippen LogP contribution in [0.2, 0.25) is 0 Å². The number of hydrogen-bond donors (Lipinski definition) is 1. The van der Waals surface area contributed by atoms with Crippen molar-refractivity contribution in [1.29, 1.82) is 0 Å². The average Bonchev–Trinajstić information content (AvgIpc) is 3.44. The first-order chi connectivity index (χ1) is 16.7. The fourth-order valence-electron chi connectivity index (χ4n) is 7.24. The lowest BCUT2D eigenvalue weighted by molar-refractivity contribution is -0.100. The van der Waals surface area contributed by atoms with Crippen molar-refractivity contribution in [3.8, 4) is 0 Å². The highest BCUT2D eigenvalue weighted by molar-refractivity contribution is 7.90. The summed E-state index contributed by atoms with van der Waals surface area (Å²) < 4.78 is 23.6. The number of aromatic amines is 1. The molecule has 1 aromatic carbocycles. The second-order valence-corrected chi connectivity index (χ2v) is 14.4. The Balaban J connectivity index is 0.855. The lowest BCUT2D eigenvalue weighted by atomic mass is 9.56. The lowest BCUT2D eigenvalue weighted by Gasteiger charge is -2.63. The zero-order chi connectivity index (χ0) is 24.0. The number of nitrogens with one attached hydrogen (secondary N) is 1. The molecule has 35 heavy (non-hydrogen) atoms. The fourth-order valence-corrected chi connectivity index (χ4v) is 7.93. The predicted molar refractivity (Wildman–Crippen MR) is 130 cm³/mol. The number of sulfone groups is 1. The van der Waals surface area contributed by atoms with E-state index in [2.05, 4.69) is 10.2 Å². The number of hydrogen-bond acceptors (Lipinski definition) is 5. The molecule has 0 unspecified atom stereocenters. The number of nitrogens with zero attached hydrogens (tertiary/aromatic N) is 4. The highest BCUT2D eigenvalue weighted by atomic mass is 32.2. The van der Waals surface area contributed by atoms with E-state index in [0.29, 0.717) is 33.5 Å². The minimum atomic E-state index is -3.17. The molecular formula is C26H33N5O3S. The Hall–Kier alpha value is -2.42. The Bertz CT molecular complexity index is 1270. The van der Waals surface area contributed by atoms with Gasteiger partial charge < -0.3 is 9.80 Å². The molecule has 1 N–H and O–H groups in total. The summed E-state index contributed by atoms with van der Waals surface area (Å²) in [6, 6.07) is 7.55. The van der Waals surface area contributed by atoms with Crippen LogP contribution in [-0.2, 0) is 16.3 Å². The Morgan fingerprint density at radius 1 is 1.03 bits per heavy atom. The predicted octanol–water partition coefficient (Wildman–Crippen LogP) is 3.34. The quantitative estimate of drug-likeness (QED) is 0.686. The van der Waals surface area contributed by atoms with Gasteiger partial charge in [0.05, 0.1) is 4.90 Å². The van der Waals surface area contributed by atoms with Gasteiger partial charge in [-0.15, -0.1) is 0 Å². The zero-order valence-corrected chi connectivity index (χ0v) is 21.1. The van der Waals surface area contributed by atoms with Crippen molar-refractivity contribution in [2.24, 2.45) is 16.7 Å². The van der Waals surface area contributed by atoms with E-state index in [1.54, 1.807) is 6.07 Å². The van der Waals surface area contributed by atoms with E-state index in [1.807, 2.05) is 28.0 Å². The van der Waals surface area contributed by atoms with Gasteiger partial charge in [-0.3, -0.25) is 5.10 Å². The third kappa shape index (κ3) is 3.77. The molecule has 0 atom stereocenters. The van der Waals surface area contributed by atoms with Crippen molar-refractivity contribution >= 4 is 15.9 Å². The van der Waals surface area contributed by atoms with Crippen LogP contribution in [0, 0.1) is 16.7 Å². The molecule has 1 aromatic heterocycles. The SMILES string of the molecule is CS(=O)(=O)c1cccc(CC2CC3(C2)CN(C(=O)N2CC4(CC(c5n[nH]c(C6CC6)n5)C4)C2)C3)c1.